The fraction of sp³-hybridized carbons (Fsp3) is 0.0968. The molecule has 4 aromatic rings. The van der Waals surface area contributed by atoms with E-state index in [2.05, 4.69) is 29.9 Å². The fourth-order valence-corrected chi connectivity index (χ4v) is 5.40. The van der Waals surface area contributed by atoms with Crippen molar-refractivity contribution >= 4 is 21.2 Å². The summed E-state index contributed by atoms with van der Waals surface area (Å²) in [5.41, 5.74) is 5.82. The van der Waals surface area contributed by atoms with Crippen LogP contribution < -0.4 is 4.72 Å². The average Bonchev–Trinajstić information content (AvgIpc) is 2.92. The van der Waals surface area contributed by atoms with Crippen LogP contribution in [0.3, 0.4) is 0 Å². The maximum atomic E-state index is 13.6. The lowest BCUT2D eigenvalue weighted by Gasteiger charge is -2.27. The molecule has 0 amide bonds. The summed E-state index contributed by atoms with van der Waals surface area (Å²) in [6.45, 7) is 4.07. The summed E-state index contributed by atoms with van der Waals surface area (Å²) in [6, 6.07) is 37.8. The standard InChI is InChI=1S/C31H29NO2S/c1-3-24(2)29(25-16-8-4-9-17-25)30(26-18-10-5-11-19-26)31(27-20-12-6-13-21-27)32-35(33,34)28-22-14-7-15-23-28/h3-23,31-32H,1-2H3/b24-3+,30-29+. The van der Waals surface area contributed by atoms with Crippen molar-refractivity contribution in [2.24, 2.45) is 0 Å². The van der Waals surface area contributed by atoms with Crippen LogP contribution in [0.2, 0.25) is 0 Å². The molecule has 3 nitrogen and oxygen atoms in total. The van der Waals surface area contributed by atoms with Crippen LogP contribution >= 0.6 is 0 Å². The largest absolute Gasteiger partial charge is 0.241 e. The van der Waals surface area contributed by atoms with Gasteiger partial charge in [-0.3, -0.25) is 0 Å². The molecule has 1 N–H and O–H groups in total. The van der Waals surface area contributed by atoms with Crippen molar-refractivity contribution in [3.8, 4) is 0 Å². The summed E-state index contributed by atoms with van der Waals surface area (Å²) < 4.78 is 30.2. The molecule has 1 atom stereocenters. The second kappa shape index (κ2) is 11.1. The number of rotatable bonds is 8. The Morgan fingerprint density at radius 2 is 1.14 bits per heavy atom. The van der Waals surface area contributed by atoms with Gasteiger partial charge in [0.05, 0.1) is 10.9 Å². The number of hydrogen-bond donors (Lipinski definition) is 1. The summed E-state index contributed by atoms with van der Waals surface area (Å²) in [6.07, 6.45) is 2.07. The van der Waals surface area contributed by atoms with Gasteiger partial charge in [0.1, 0.15) is 0 Å². The van der Waals surface area contributed by atoms with Gasteiger partial charge in [0, 0.05) is 0 Å². The fourth-order valence-electron chi connectivity index (χ4n) is 4.18. The van der Waals surface area contributed by atoms with Gasteiger partial charge in [-0.1, -0.05) is 115 Å². The first-order chi connectivity index (χ1) is 17.0. The molecular formula is C31H29NO2S. The molecule has 0 radical (unpaired) electrons. The molecule has 0 saturated carbocycles. The summed E-state index contributed by atoms with van der Waals surface area (Å²) >= 11 is 0. The molecule has 0 aliphatic heterocycles. The summed E-state index contributed by atoms with van der Waals surface area (Å²) in [4.78, 5) is 0.234. The molecule has 4 rings (SSSR count). The van der Waals surface area contributed by atoms with E-state index in [4.69, 9.17) is 0 Å². The molecule has 4 aromatic carbocycles. The van der Waals surface area contributed by atoms with Crippen LogP contribution in [-0.4, -0.2) is 8.42 Å². The molecule has 1 unspecified atom stereocenters. The van der Waals surface area contributed by atoms with Crippen LogP contribution in [0.4, 0.5) is 0 Å². The molecule has 35 heavy (non-hydrogen) atoms. The molecule has 176 valence electrons. The second-order valence-corrected chi connectivity index (χ2v) is 9.98. The second-order valence-electron chi connectivity index (χ2n) is 8.27. The maximum absolute atomic E-state index is 13.6. The molecule has 0 aliphatic carbocycles. The summed E-state index contributed by atoms with van der Waals surface area (Å²) in [5.74, 6) is 0. The van der Waals surface area contributed by atoms with Crippen molar-refractivity contribution < 1.29 is 8.42 Å². The zero-order chi connectivity index (χ0) is 24.7. The van der Waals surface area contributed by atoms with Gasteiger partial charge in [0.25, 0.3) is 0 Å². The van der Waals surface area contributed by atoms with Crippen molar-refractivity contribution in [1.29, 1.82) is 0 Å². The van der Waals surface area contributed by atoms with Crippen LogP contribution in [-0.2, 0) is 10.0 Å². The monoisotopic (exact) mass is 479 g/mol. The third-order valence-corrected chi connectivity index (χ3v) is 7.43. The third kappa shape index (κ3) is 5.68. The van der Waals surface area contributed by atoms with E-state index < -0.39 is 16.1 Å². The topological polar surface area (TPSA) is 46.2 Å². The first-order valence-electron chi connectivity index (χ1n) is 11.6. The molecule has 0 fully saturated rings. The summed E-state index contributed by atoms with van der Waals surface area (Å²) in [7, 11) is -3.81. The Hall–Kier alpha value is -3.73. The van der Waals surface area contributed by atoms with Crippen molar-refractivity contribution in [2.75, 3.05) is 0 Å². The molecule has 4 heteroatoms. The van der Waals surface area contributed by atoms with Crippen LogP contribution in [0.15, 0.2) is 138 Å². The zero-order valence-corrected chi connectivity index (χ0v) is 20.7. The smallest absolute Gasteiger partial charge is 0.207 e. The van der Waals surface area contributed by atoms with Crippen molar-refractivity contribution in [1.82, 2.24) is 4.72 Å². The highest BCUT2D eigenvalue weighted by Gasteiger charge is 2.28. The van der Waals surface area contributed by atoms with Crippen molar-refractivity contribution in [3.63, 3.8) is 0 Å². The van der Waals surface area contributed by atoms with E-state index in [1.54, 1.807) is 24.3 Å². The molecular weight excluding hydrogens is 450 g/mol. The van der Waals surface area contributed by atoms with E-state index >= 15 is 0 Å². The minimum atomic E-state index is -3.81. The Kier molecular flexibility index (Phi) is 7.76. The van der Waals surface area contributed by atoms with Gasteiger partial charge < -0.3 is 0 Å². The number of allylic oxidation sites excluding steroid dienone is 3. The first-order valence-corrected chi connectivity index (χ1v) is 13.1. The van der Waals surface area contributed by atoms with Gasteiger partial charge in [-0.05, 0) is 59.4 Å². The number of sulfonamides is 1. The highest BCUT2D eigenvalue weighted by atomic mass is 32.2. The Balaban J connectivity index is 2.04. The Bertz CT molecular complexity index is 1410. The average molecular weight is 480 g/mol. The molecule has 0 aliphatic rings. The predicted molar refractivity (Wildman–Crippen MR) is 145 cm³/mol. The Morgan fingerprint density at radius 1 is 0.686 bits per heavy atom. The lowest BCUT2D eigenvalue weighted by Crippen LogP contribution is -2.30. The highest BCUT2D eigenvalue weighted by molar-refractivity contribution is 7.89. The van der Waals surface area contributed by atoms with Gasteiger partial charge >= 0.3 is 0 Å². The van der Waals surface area contributed by atoms with E-state index in [1.807, 2.05) is 91.9 Å². The number of benzene rings is 4. The van der Waals surface area contributed by atoms with E-state index in [-0.39, 0.29) is 4.90 Å². The van der Waals surface area contributed by atoms with Crippen molar-refractivity contribution in [2.45, 2.75) is 24.8 Å². The maximum Gasteiger partial charge on any atom is 0.241 e. The molecule has 0 aromatic heterocycles. The van der Waals surface area contributed by atoms with Gasteiger partial charge in [0.15, 0.2) is 0 Å². The van der Waals surface area contributed by atoms with E-state index in [0.29, 0.717) is 0 Å². The minimum Gasteiger partial charge on any atom is -0.207 e. The van der Waals surface area contributed by atoms with Crippen molar-refractivity contribution in [3.05, 3.63) is 150 Å². The van der Waals surface area contributed by atoms with Crippen LogP contribution in [0.5, 0.6) is 0 Å². The molecule has 0 heterocycles. The SMILES string of the molecule is C/C=C(C)/C(=C(/c1ccccc1)C(NS(=O)(=O)c1ccccc1)c1ccccc1)c1ccccc1. The van der Waals surface area contributed by atoms with Crippen LogP contribution in [0.1, 0.15) is 36.6 Å². The van der Waals surface area contributed by atoms with Crippen LogP contribution in [0, 0.1) is 0 Å². The normalized spacial score (nSPS) is 13.7. The number of hydrogen-bond acceptors (Lipinski definition) is 2. The van der Waals surface area contributed by atoms with E-state index in [0.717, 1.165) is 33.4 Å². The Labute approximate surface area is 208 Å². The van der Waals surface area contributed by atoms with Gasteiger partial charge in [-0.2, -0.15) is 4.72 Å². The quantitative estimate of drug-likeness (QED) is 0.213. The van der Waals surface area contributed by atoms with E-state index in [1.165, 1.54) is 0 Å². The molecule has 0 saturated heterocycles. The van der Waals surface area contributed by atoms with Gasteiger partial charge in [-0.15, -0.1) is 0 Å². The first kappa shape index (κ1) is 24.4. The van der Waals surface area contributed by atoms with Gasteiger partial charge in [-0.25, -0.2) is 8.42 Å². The number of nitrogens with one attached hydrogen (secondary N) is 1. The molecule has 0 bridgehead atoms. The Morgan fingerprint density at radius 3 is 1.66 bits per heavy atom. The highest BCUT2D eigenvalue weighted by Crippen LogP contribution is 2.40. The van der Waals surface area contributed by atoms with E-state index in [9.17, 15) is 8.42 Å². The lowest BCUT2D eigenvalue weighted by molar-refractivity contribution is 0.576. The minimum absolute atomic E-state index is 0.234. The predicted octanol–water partition coefficient (Wildman–Crippen LogP) is 7.28. The third-order valence-electron chi connectivity index (χ3n) is 5.99. The lowest BCUT2D eigenvalue weighted by atomic mass is 9.84. The zero-order valence-electron chi connectivity index (χ0n) is 19.9. The summed E-state index contributed by atoms with van der Waals surface area (Å²) in [5, 5.41) is 0. The van der Waals surface area contributed by atoms with Gasteiger partial charge in [0.2, 0.25) is 10.0 Å². The van der Waals surface area contributed by atoms with Crippen LogP contribution in [0.25, 0.3) is 11.1 Å². The molecule has 0 spiro atoms.